The maximum atomic E-state index is 10.6. The fourth-order valence-corrected chi connectivity index (χ4v) is 1.84. The van der Waals surface area contributed by atoms with Gasteiger partial charge in [-0.2, -0.15) is 0 Å². The van der Waals surface area contributed by atoms with E-state index < -0.39 is 5.97 Å². The van der Waals surface area contributed by atoms with Crippen molar-refractivity contribution in [2.75, 3.05) is 0 Å². The smallest absolute Gasteiger partial charge is 0.336 e. The lowest BCUT2D eigenvalue weighted by Gasteiger charge is -2.01. The van der Waals surface area contributed by atoms with Crippen molar-refractivity contribution in [2.24, 2.45) is 0 Å². The summed E-state index contributed by atoms with van der Waals surface area (Å²) in [4.78, 5) is 10.6. The second kappa shape index (κ2) is 3.77. The van der Waals surface area contributed by atoms with Crippen molar-refractivity contribution in [3.05, 3.63) is 31.7 Å². The van der Waals surface area contributed by atoms with E-state index in [1.807, 2.05) is 0 Å². The minimum absolute atomic E-state index is 0.186. The molecule has 0 aliphatic carbocycles. The first-order valence-corrected chi connectivity index (χ1v) is 4.86. The van der Waals surface area contributed by atoms with Crippen molar-refractivity contribution in [3.63, 3.8) is 0 Å². The van der Waals surface area contributed by atoms with Crippen LogP contribution in [-0.2, 0) is 0 Å². The molecule has 0 radical (unpaired) electrons. The first-order chi connectivity index (χ1) is 5.52. The molecule has 1 rings (SSSR count). The molecule has 0 unspecified atom stereocenters. The van der Waals surface area contributed by atoms with Crippen LogP contribution < -0.4 is 0 Å². The number of rotatable bonds is 1. The molecule has 0 fully saturated rings. The van der Waals surface area contributed by atoms with Gasteiger partial charge in [-0.1, -0.05) is 11.6 Å². The van der Waals surface area contributed by atoms with Gasteiger partial charge < -0.3 is 5.11 Å². The van der Waals surface area contributed by atoms with Crippen molar-refractivity contribution in [3.8, 4) is 0 Å². The molecule has 0 amide bonds. The highest BCUT2D eigenvalue weighted by Gasteiger charge is 2.10. The number of carboxylic acid groups (broad SMARTS) is 1. The molecule has 0 atom stereocenters. The molecule has 5 heteroatoms. The lowest BCUT2D eigenvalue weighted by molar-refractivity contribution is 0.0696. The van der Waals surface area contributed by atoms with Crippen LogP contribution in [0.25, 0.3) is 0 Å². The van der Waals surface area contributed by atoms with Crippen LogP contribution in [0.15, 0.2) is 21.1 Å². The van der Waals surface area contributed by atoms with E-state index in [2.05, 4.69) is 31.9 Å². The van der Waals surface area contributed by atoms with Gasteiger partial charge in [-0.15, -0.1) is 0 Å². The minimum Gasteiger partial charge on any atom is -0.478 e. The molecular formula is C7H3Br2ClO2. The molecule has 0 heterocycles. The van der Waals surface area contributed by atoms with Gasteiger partial charge in [0.2, 0.25) is 0 Å². The fourth-order valence-electron chi connectivity index (χ4n) is 0.686. The Balaban J connectivity index is 3.33. The van der Waals surface area contributed by atoms with Gasteiger partial charge in [-0.25, -0.2) is 4.79 Å². The van der Waals surface area contributed by atoms with Crippen LogP contribution in [0.4, 0.5) is 0 Å². The summed E-state index contributed by atoms with van der Waals surface area (Å²) >= 11 is 11.9. The van der Waals surface area contributed by atoms with Gasteiger partial charge >= 0.3 is 5.97 Å². The third kappa shape index (κ3) is 2.00. The van der Waals surface area contributed by atoms with Crippen molar-refractivity contribution in [1.29, 1.82) is 0 Å². The summed E-state index contributed by atoms with van der Waals surface area (Å²) in [6.45, 7) is 0. The largest absolute Gasteiger partial charge is 0.478 e. The quantitative estimate of drug-likeness (QED) is 0.805. The lowest BCUT2D eigenvalue weighted by Crippen LogP contribution is -1.97. The predicted octanol–water partition coefficient (Wildman–Crippen LogP) is 3.56. The third-order valence-corrected chi connectivity index (χ3v) is 3.09. The molecule has 1 aromatic rings. The van der Waals surface area contributed by atoms with Gasteiger partial charge in [-0.05, 0) is 44.0 Å². The van der Waals surface area contributed by atoms with E-state index >= 15 is 0 Å². The number of carboxylic acids is 1. The van der Waals surface area contributed by atoms with Crippen molar-refractivity contribution in [2.45, 2.75) is 0 Å². The Morgan fingerprint density at radius 3 is 2.42 bits per heavy atom. The van der Waals surface area contributed by atoms with Crippen LogP contribution in [0.3, 0.4) is 0 Å². The minimum atomic E-state index is -0.987. The zero-order valence-electron chi connectivity index (χ0n) is 5.64. The van der Waals surface area contributed by atoms with Crippen LogP contribution in [0, 0.1) is 0 Å². The Hall–Kier alpha value is -0.0600. The summed E-state index contributed by atoms with van der Waals surface area (Å²) in [7, 11) is 0. The third-order valence-electron chi connectivity index (χ3n) is 1.24. The summed E-state index contributed by atoms with van der Waals surface area (Å²) < 4.78 is 1.05. The highest BCUT2D eigenvalue weighted by atomic mass is 79.9. The highest BCUT2D eigenvalue weighted by molar-refractivity contribution is 9.11. The van der Waals surface area contributed by atoms with Gasteiger partial charge in [0, 0.05) is 8.95 Å². The van der Waals surface area contributed by atoms with Crippen LogP contribution in [-0.4, -0.2) is 11.1 Å². The number of carbonyl (C=O) groups is 1. The van der Waals surface area contributed by atoms with Crippen molar-refractivity contribution >= 4 is 49.4 Å². The van der Waals surface area contributed by atoms with E-state index in [4.69, 9.17) is 16.7 Å². The van der Waals surface area contributed by atoms with E-state index in [1.165, 1.54) is 12.1 Å². The lowest BCUT2D eigenvalue weighted by atomic mass is 10.2. The predicted molar refractivity (Wildman–Crippen MR) is 53.8 cm³/mol. The number of hydrogen-bond donors (Lipinski definition) is 1. The van der Waals surface area contributed by atoms with Crippen LogP contribution in [0.5, 0.6) is 0 Å². The van der Waals surface area contributed by atoms with Crippen LogP contribution in [0.1, 0.15) is 10.4 Å². The molecule has 64 valence electrons. The van der Waals surface area contributed by atoms with E-state index in [0.717, 1.165) is 0 Å². The summed E-state index contributed by atoms with van der Waals surface area (Å²) in [6, 6.07) is 2.99. The number of benzene rings is 1. The normalized spacial score (nSPS) is 9.92. The Morgan fingerprint density at radius 2 is 1.92 bits per heavy atom. The maximum absolute atomic E-state index is 10.6. The zero-order valence-corrected chi connectivity index (χ0v) is 9.57. The SMILES string of the molecule is O=C(O)c1cc(Br)c(Cl)cc1Br. The Labute approximate surface area is 90.8 Å². The monoisotopic (exact) mass is 312 g/mol. The Bertz CT molecular complexity index is 338. The zero-order chi connectivity index (χ0) is 9.30. The molecule has 0 aliphatic heterocycles. The van der Waals surface area contributed by atoms with Gasteiger partial charge in [0.15, 0.2) is 0 Å². The molecule has 0 aromatic heterocycles. The average molecular weight is 314 g/mol. The number of hydrogen-bond acceptors (Lipinski definition) is 1. The number of aromatic carboxylic acids is 1. The highest BCUT2D eigenvalue weighted by Crippen LogP contribution is 2.29. The molecule has 0 bridgehead atoms. The van der Waals surface area contributed by atoms with E-state index in [0.29, 0.717) is 14.0 Å². The Kier molecular flexibility index (Phi) is 3.15. The van der Waals surface area contributed by atoms with Crippen molar-refractivity contribution in [1.82, 2.24) is 0 Å². The summed E-state index contributed by atoms with van der Waals surface area (Å²) in [5, 5.41) is 9.17. The Morgan fingerprint density at radius 1 is 1.33 bits per heavy atom. The second-order valence-corrected chi connectivity index (χ2v) is 4.17. The van der Waals surface area contributed by atoms with Crippen LogP contribution in [0.2, 0.25) is 5.02 Å². The van der Waals surface area contributed by atoms with Gasteiger partial charge in [0.25, 0.3) is 0 Å². The first kappa shape index (κ1) is 10.0. The molecule has 0 saturated carbocycles. The second-order valence-electron chi connectivity index (χ2n) is 2.05. The standard InChI is InChI=1S/C7H3Br2ClO2/c8-4-2-6(10)5(9)1-3(4)7(11)12/h1-2H,(H,11,12). The summed E-state index contributed by atoms with van der Waals surface area (Å²) in [5.41, 5.74) is 0.186. The molecule has 0 aliphatic rings. The van der Waals surface area contributed by atoms with Crippen LogP contribution >= 0.6 is 43.5 Å². The molecule has 1 aromatic carbocycles. The maximum Gasteiger partial charge on any atom is 0.336 e. The summed E-state index contributed by atoms with van der Waals surface area (Å²) in [5.74, 6) is -0.987. The molecule has 0 spiro atoms. The molecule has 2 nitrogen and oxygen atoms in total. The van der Waals surface area contributed by atoms with E-state index in [1.54, 1.807) is 0 Å². The first-order valence-electron chi connectivity index (χ1n) is 2.90. The van der Waals surface area contributed by atoms with Gasteiger partial charge in [-0.3, -0.25) is 0 Å². The molecule has 1 N–H and O–H groups in total. The average Bonchev–Trinajstić information content (AvgIpc) is 1.96. The van der Waals surface area contributed by atoms with E-state index in [9.17, 15) is 4.79 Å². The topological polar surface area (TPSA) is 37.3 Å². The van der Waals surface area contributed by atoms with E-state index in [-0.39, 0.29) is 5.56 Å². The number of halogens is 3. The molecule has 12 heavy (non-hydrogen) atoms. The van der Waals surface area contributed by atoms with Crippen molar-refractivity contribution < 1.29 is 9.90 Å². The molecule has 0 saturated heterocycles. The van der Waals surface area contributed by atoms with Gasteiger partial charge in [0.05, 0.1) is 10.6 Å². The summed E-state index contributed by atoms with van der Waals surface area (Å²) in [6.07, 6.45) is 0. The fraction of sp³-hybridized carbons (Fsp3) is 0. The molecular weight excluding hydrogens is 311 g/mol. The van der Waals surface area contributed by atoms with Gasteiger partial charge in [0.1, 0.15) is 0 Å².